The van der Waals surface area contributed by atoms with Crippen LogP contribution in [0.25, 0.3) is 0 Å². The van der Waals surface area contributed by atoms with Gasteiger partial charge in [0.25, 0.3) is 5.91 Å². The third kappa shape index (κ3) is 4.22. The monoisotopic (exact) mass is 429 g/mol. The van der Waals surface area contributed by atoms with Gasteiger partial charge in [-0.2, -0.15) is 5.10 Å². The summed E-state index contributed by atoms with van der Waals surface area (Å²) in [5, 5.41) is 8.25. The minimum atomic E-state index is -3.18. The van der Waals surface area contributed by atoms with Crippen molar-refractivity contribution in [2.24, 2.45) is 5.10 Å². The molecule has 1 unspecified atom stereocenters. The van der Waals surface area contributed by atoms with Gasteiger partial charge < -0.3 is 14.8 Å². The lowest BCUT2D eigenvalue weighted by molar-refractivity contribution is -0.133. The summed E-state index contributed by atoms with van der Waals surface area (Å²) in [5.74, 6) is -0.188. The first-order valence-electron chi connectivity index (χ1n) is 8.57. The van der Waals surface area contributed by atoms with E-state index in [-0.39, 0.29) is 41.0 Å². The molecule has 2 aliphatic heterocycles. The molecule has 0 aromatic heterocycles. The van der Waals surface area contributed by atoms with Gasteiger partial charge in [0.1, 0.15) is 17.2 Å². The molecule has 3 rings (SSSR count). The van der Waals surface area contributed by atoms with E-state index in [2.05, 4.69) is 10.4 Å². The van der Waals surface area contributed by atoms with Crippen molar-refractivity contribution in [2.45, 2.75) is 25.3 Å². The van der Waals surface area contributed by atoms with Crippen LogP contribution in [0.15, 0.2) is 17.2 Å². The number of carbonyl (C=O) groups is 2. The minimum absolute atomic E-state index is 0.0139. The van der Waals surface area contributed by atoms with Crippen molar-refractivity contribution in [3.63, 3.8) is 0 Å². The number of nitrogens with zero attached hydrogens (tertiary/aromatic N) is 2. The Kier molecular flexibility index (Phi) is 5.80. The molecular formula is C17H20ClN3O6S. The first kappa shape index (κ1) is 20.4. The molecule has 0 radical (unpaired) electrons. The van der Waals surface area contributed by atoms with Crippen LogP contribution in [0, 0.1) is 0 Å². The Morgan fingerprint density at radius 1 is 1.25 bits per heavy atom. The zero-order valence-corrected chi connectivity index (χ0v) is 17.0. The van der Waals surface area contributed by atoms with Gasteiger partial charge in [0.05, 0.1) is 42.5 Å². The maximum absolute atomic E-state index is 12.7. The number of nitrogens with one attached hydrogen (secondary N) is 1. The lowest BCUT2D eigenvalue weighted by Crippen LogP contribution is -2.42. The third-order valence-electron chi connectivity index (χ3n) is 4.60. The van der Waals surface area contributed by atoms with Gasteiger partial charge in [-0.15, -0.1) is 0 Å². The summed E-state index contributed by atoms with van der Waals surface area (Å²) in [6.45, 7) is 0. The summed E-state index contributed by atoms with van der Waals surface area (Å²) in [4.78, 5) is 24.8. The van der Waals surface area contributed by atoms with Gasteiger partial charge in [-0.1, -0.05) is 11.6 Å². The number of rotatable bonds is 5. The number of carbonyl (C=O) groups excluding carboxylic acids is 2. The highest BCUT2D eigenvalue weighted by atomic mass is 35.5. The van der Waals surface area contributed by atoms with E-state index in [9.17, 15) is 18.0 Å². The number of sulfone groups is 1. The zero-order chi connectivity index (χ0) is 20.5. The van der Waals surface area contributed by atoms with E-state index in [1.165, 1.54) is 20.3 Å². The van der Waals surface area contributed by atoms with Crippen LogP contribution in [0.3, 0.4) is 0 Å². The molecule has 2 heterocycles. The van der Waals surface area contributed by atoms with Crippen LogP contribution in [-0.2, 0) is 19.4 Å². The largest absolute Gasteiger partial charge is 0.495 e. The fraction of sp³-hybridized carbons (Fsp3) is 0.471. The van der Waals surface area contributed by atoms with Crippen molar-refractivity contribution in [2.75, 3.05) is 31.0 Å². The van der Waals surface area contributed by atoms with Gasteiger partial charge >= 0.3 is 0 Å². The Labute approximate surface area is 167 Å². The number of anilines is 1. The number of amides is 2. The first-order chi connectivity index (χ1) is 13.2. The summed E-state index contributed by atoms with van der Waals surface area (Å²) >= 11 is 6.11. The Balaban J connectivity index is 1.81. The van der Waals surface area contributed by atoms with E-state index in [1.807, 2.05) is 0 Å². The van der Waals surface area contributed by atoms with Crippen LogP contribution in [0.5, 0.6) is 11.5 Å². The number of hydrogen-bond donors (Lipinski definition) is 1. The normalized spacial score (nSPS) is 21.2. The Morgan fingerprint density at radius 3 is 2.57 bits per heavy atom. The molecule has 0 spiro atoms. The number of halogens is 1. The number of methoxy groups -OCH3 is 2. The van der Waals surface area contributed by atoms with Crippen molar-refractivity contribution >= 4 is 44.7 Å². The highest BCUT2D eigenvalue weighted by molar-refractivity contribution is 7.91. The molecular weight excluding hydrogens is 410 g/mol. The summed E-state index contributed by atoms with van der Waals surface area (Å²) in [7, 11) is -0.277. The van der Waals surface area contributed by atoms with Gasteiger partial charge in [0.2, 0.25) is 5.91 Å². The molecule has 1 fully saturated rings. The predicted octanol–water partition coefficient (Wildman–Crippen LogP) is 1.46. The summed E-state index contributed by atoms with van der Waals surface area (Å²) in [6, 6.07) is 2.50. The van der Waals surface area contributed by atoms with Gasteiger partial charge in [0.15, 0.2) is 9.84 Å². The molecule has 0 bridgehead atoms. The molecule has 152 valence electrons. The molecule has 0 aliphatic carbocycles. The molecule has 1 aromatic rings. The van der Waals surface area contributed by atoms with Crippen molar-refractivity contribution in [1.29, 1.82) is 0 Å². The molecule has 2 aliphatic rings. The van der Waals surface area contributed by atoms with Gasteiger partial charge in [-0.3, -0.25) is 9.59 Å². The Bertz CT molecular complexity index is 946. The van der Waals surface area contributed by atoms with Crippen molar-refractivity contribution in [3.8, 4) is 11.5 Å². The molecule has 11 heteroatoms. The zero-order valence-electron chi connectivity index (χ0n) is 15.4. The van der Waals surface area contributed by atoms with Gasteiger partial charge in [0, 0.05) is 18.9 Å². The maximum atomic E-state index is 12.7. The fourth-order valence-electron chi connectivity index (χ4n) is 3.14. The molecule has 1 aromatic carbocycles. The average Bonchev–Trinajstić information content (AvgIpc) is 3.02. The molecule has 0 saturated carbocycles. The lowest BCUT2D eigenvalue weighted by atomic mass is 10.1. The first-order valence-corrected chi connectivity index (χ1v) is 10.8. The van der Waals surface area contributed by atoms with Crippen LogP contribution in [0.2, 0.25) is 5.02 Å². The van der Waals surface area contributed by atoms with E-state index in [0.717, 1.165) is 5.01 Å². The van der Waals surface area contributed by atoms with E-state index < -0.39 is 21.8 Å². The van der Waals surface area contributed by atoms with Crippen molar-refractivity contribution in [1.82, 2.24) is 5.01 Å². The quantitative estimate of drug-likeness (QED) is 0.757. The molecule has 9 nitrogen and oxygen atoms in total. The second kappa shape index (κ2) is 7.96. The average molecular weight is 430 g/mol. The summed E-state index contributed by atoms with van der Waals surface area (Å²) in [5.41, 5.74) is 0.464. The number of hydrogen-bond acceptors (Lipinski definition) is 7. The van der Waals surface area contributed by atoms with E-state index in [0.29, 0.717) is 23.6 Å². The minimum Gasteiger partial charge on any atom is -0.495 e. The van der Waals surface area contributed by atoms with Crippen LogP contribution in [0.1, 0.15) is 19.3 Å². The summed E-state index contributed by atoms with van der Waals surface area (Å²) < 4.78 is 33.8. The fourth-order valence-corrected chi connectivity index (χ4v) is 5.07. The molecule has 1 N–H and O–H groups in total. The lowest BCUT2D eigenvalue weighted by Gasteiger charge is -2.27. The van der Waals surface area contributed by atoms with Crippen molar-refractivity contribution in [3.05, 3.63) is 17.2 Å². The van der Waals surface area contributed by atoms with Gasteiger partial charge in [-0.05, 0) is 12.5 Å². The van der Waals surface area contributed by atoms with Crippen LogP contribution >= 0.6 is 11.6 Å². The van der Waals surface area contributed by atoms with E-state index in [4.69, 9.17) is 21.1 Å². The van der Waals surface area contributed by atoms with Crippen LogP contribution in [-0.4, -0.2) is 62.7 Å². The van der Waals surface area contributed by atoms with E-state index >= 15 is 0 Å². The number of hydrazone groups is 1. The number of benzene rings is 1. The van der Waals surface area contributed by atoms with Crippen LogP contribution < -0.4 is 14.8 Å². The Morgan fingerprint density at radius 2 is 1.96 bits per heavy atom. The van der Waals surface area contributed by atoms with Crippen molar-refractivity contribution < 1.29 is 27.5 Å². The highest BCUT2D eigenvalue weighted by Gasteiger charge is 2.37. The third-order valence-corrected chi connectivity index (χ3v) is 6.64. The molecule has 2 amide bonds. The Hall–Kier alpha value is -2.33. The number of ether oxygens (including phenoxy) is 2. The molecule has 28 heavy (non-hydrogen) atoms. The van der Waals surface area contributed by atoms with Gasteiger partial charge in [-0.25, -0.2) is 13.4 Å². The highest BCUT2D eigenvalue weighted by Crippen LogP contribution is 2.36. The smallest absolute Gasteiger partial charge is 0.271 e. The molecule has 1 atom stereocenters. The summed E-state index contributed by atoms with van der Waals surface area (Å²) in [6.07, 6.45) is 0.560. The standard InChI is InChI=1S/C17H20ClN3O6S/c1-26-14-8-15(27-2)13(7-11(14)18)19-17(23)12-3-4-16(22)21(20-12)10-5-6-28(24,25)9-10/h7-8,10H,3-6,9H2,1-2H3,(H,19,23). The second-order valence-electron chi connectivity index (χ2n) is 6.48. The maximum Gasteiger partial charge on any atom is 0.271 e. The van der Waals surface area contributed by atoms with E-state index in [1.54, 1.807) is 6.07 Å². The van der Waals surface area contributed by atoms with Crippen LogP contribution in [0.4, 0.5) is 5.69 Å². The second-order valence-corrected chi connectivity index (χ2v) is 9.12. The molecule has 1 saturated heterocycles. The topological polar surface area (TPSA) is 114 Å². The SMILES string of the molecule is COc1cc(OC)c(NC(=O)C2=NN(C3CCS(=O)(=O)C3)C(=O)CC2)cc1Cl. The predicted molar refractivity (Wildman–Crippen MR) is 104 cm³/mol.